The van der Waals surface area contributed by atoms with E-state index < -0.39 is 0 Å². The SMILES string of the molecule is CC(C)c1ccc(CC(CCN)C(C)C)cc1. The van der Waals surface area contributed by atoms with Crippen LogP contribution < -0.4 is 5.73 Å². The molecule has 1 unspecified atom stereocenters. The van der Waals surface area contributed by atoms with Crippen LogP contribution in [0.5, 0.6) is 0 Å². The first-order valence-corrected chi connectivity index (χ1v) is 6.83. The molecule has 0 aliphatic heterocycles. The highest BCUT2D eigenvalue weighted by Gasteiger charge is 2.13. The lowest BCUT2D eigenvalue weighted by Crippen LogP contribution is -2.16. The van der Waals surface area contributed by atoms with E-state index in [4.69, 9.17) is 5.73 Å². The molecule has 2 N–H and O–H groups in total. The van der Waals surface area contributed by atoms with Crippen LogP contribution in [-0.4, -0.2) is 6.54 Å². The van der Waals surface area contributed by atoms with Crippen molar-refractivity contribution < 1.29 is 0 Å². The number of hydrogen-bond acceptors (Lipinski definition) is 1. The van der Waals surface area contributed by atoms with Crippen LogP contribution in [0.1, 0.15) is 51.2 Å². The normalized spacial score (nSPS) is 13.4. The third kappa shape index (κ3) is 4.51. The molecule has 0 radical (unpaired) electrons. The third-order valence-corrected chi connectivity index (χ3v) is 3.62. The second kappa shape index (κ2) is 6.80. The summed E-state index contributed by atoms with van der Waals surface area (Å²) >= 11 is 0. The molecule has 0 aromatic heterocycles. The molecule has 0 fully saturated rings. The molecule has 1 nitrogen and oxygen atoms in total. The molecule has 0 aliphatic carbocycles. The Hall–Kier alpha value is -0.820. The second-order valence-electron chi connectivity index (χ2n) is 5.68. The van der Waals surface area contributed by atoms with E-state index in [1.165, 1.54) is 11.1 Å². The quantitative estimate of drug-likeness (QED) is 0.790. The minimum absolute atomic E-state index is 0.619. The highest BCUT2D eigenvalue weighted by molar-refractivity contribution is 5.25. The van der Waals surface area contributed by atoms with Gasteiger partial charge in [-0.15, -0.1) is 0 Å². The highest BCUT2D eigenvalue weighted by atomic mass is 14.5. The third-order valence-electron chi connectivity index (χ3n) is 3.62. The molecule has 1 aromatic rings. The first-order chi connectivity index (χ1) is 8.04. The minimum atomic E-state index is 0.619. The lowest BCUT2D eigenvalue weighted by molar-refractivity contribution is 0.362. The van der Waals surface area contributed by atoms with Crippen molar-refractivity contribution in [3.63, 3.8) is 0 Å². The maximum absolute atomic E-state index is 5.68. The molecule has 1 heteroatoms. The van der Waals surface area contributed by atoms with Gasteiger partial charge in [0.25, 0.3) is 0 Å². The summed E-state index contributed by atoms with van der Waals surface area (Å²) in [6.07, 6.45) is 2.29. The zero-order chi connectivity index (χ0) is 12.8. The molecule has 96 valence electrons. The molecular formula is C16H27N. The Morgan fingerprint density at radius 2 is 1.59 bits per heavy atom. The molecule has 1 rings (SSSR count). The van der Waals surface area contributed by atoms with Crippen molar-refractivity contribution >= 4 is 0 Å². The van der Waals surface area contributed by atoms with Crippen molar-refractivity contribution in [3.8, 4) is 0 Å². The molecule has 0 saturated heterocycles. The van der Waals surface area contributed by atoms with Crippen molar-refractivity contribution in [2.45, 2.75) is 46.5 Å². The highest BCUT2D eigenvalue weighted by Crippen LogP contribution is 2.22. The minimum Gasteiger partial charge on any atom is -0.330 e. The predicted octanol–water partition coefficient (Wildman–Crippen LogP) is 3.97. The Morgan fingerprint density at radius 1 is 1.00 bits per heavy atom. The Kier molecular flexibility index (Phi) is 5.70. The van der Waals surface area contributed by atoms with Crippen LogP contribution in [0.4, 0.5) is 0 Å². The average molecular weight is 233 g/mol. The van der Waals surface area contributed by atoms with Gasteiger partial charge in [0.2, 0.25) is 0 Å². The molecule has 0 aliphatic rings. The fourth-order valence-electron chi connectivity index (χ4n) is 2.23. The summed E-state index contributed by atoms with van der Waals surface area (Å²) in [4.78, 5) is 0. The van der Waals surface area contributed by atoms with E-state index >= 15 is 0 Å². The van der Waals surface area contributed by atoms with Crippen LogP contribution in [0.2, 0.25) is 0 Å². The van der Waals surface area contributed by atoms with Crippen LogP contribution >= 0.6 is 0 Å². The number of benzene rings is 1. The predicted molar refractivity (Wildman–Crippen MR) is 76.2 cm³/mol. The van der Waals surface area contributed by atoms with E-state index in [1.807, 2.05) is 0 Å². The number of rotatable bonds is 6. The van der Waals surface area contributed by atoms with Crippen molar-refractivity contribution in [2.75, 3.05) is 6.54 Å². The molecule has 0 bridgehead atoms. The van der Waals surface area contributed by atoms with Gasteiger partial charge in [-0.05, 0) is 48.3 Å². The molecule has 0 spiro atoms. The maximum Gasteiger partial charge on any atom is -0.00744 e. The smallest absolute Gasteiger partial charge is 0.00744 e. The molecule has 1 atom stereocenters. The van der Waals surface area contributed by atoms with Gasteiger partial charge in [-0.1, -0.05) is 52.0 Å². The van der Waals surface area contributed by atoms with Crippen LogP contribution in [0.3, 0.4) is 0 Å². The van der Waals surface area contributed by atoms with Crippen molar-refractivity contribution in [1.82, 2.24) is 0 Å². The Labute approximate surface area is 106 Å². The fourth-order valence-corrected chi connectivity index (χ4v) is 2.23. The lowest BCUT2D eigenvalue weighted by atomic mass is 9.86. The van der Waals surface area contributed by atoms with E-state index in [0.717, 1.165) is 19.4 Å². The summed E-state index contributed by atoms with van der Waals surface area (Å²) in [6, 6.07) is 9.09. The van der Waals surface area contributed by atoms with E-state index in [2.05, 4.69) is 52.0 Å². The molecule has 0 heterocycles. The van der Waals surface area contributed by atoms with Crippen molar-refractivity contribution in [2.24, 2.45) is 17.6 Å². The standard InChI is InChI=1S/C16H27N/c1-12(2)15-7-5-14(6-8-15)11-16(9-10-17)13(3)4/h5-8,12-13,16H,9-11,17H2,1-4H3. The summed E-state index contributed by atoms with van der Waals surface area (Å²) in [5.41, 5.74) is 8.56. The van der Waals surface area contributed by atoms with Gasteiger partial charge < -0.3 is 5.73 Å². The molecule has 0 saturated carbocycles. The molecule has 17 heavy (non-hydrogen) atoms. The van der Waals surface area contributed by atoms with Crippen LogP contribution in [0.25, 0.3) is 0 Å². The molecular weight excluding hydrogens is 206 g/mol. The van der Waals surface area contributed by atoms with Gasteiger partial charge in [0.1, 0.15) is 0 Å². The van der Waals surface area contributed by atoms with E-state index in [1.54, 1.807) is 0 Å². The number of hydrogen-bond donors (Lipinski definition) is 1. The van der Waals surface area contributed by atoms with Crippen molar-refractivity contribution in [1.29, 1.82) is 0 Å². The van der Waals surface area contributed by atoms with Gasteiger partial charge in [-0.3, -0.25) is 0 Å². The summed E-state index contributed by atoms with van der Waals surface area (Å²) in [5, 5.41) is 0. The zero-order valence-electron chi connectivity index (χ0n) is 11.7. The fraction of sp³-hybridized carbons (Fsp3) is 0.625. The summed E-state index contributed by atoms with van der Waals surface area (Å²) in [5.74, 6) is 2.04. The molecule has 0 amide bonds. The second-order valence-corrected chi connectivity index (χ2v) is 5.68. The topological polar surface area (TPSA) is 26.0 Å². The monoisotopic (exact) mass is 233 g/mol. The van der Waals surface area contributed by atoms with E-state index in [9.17, 15) is 0 Å². The Bertz CT molecular complexity index is 311. The van der Waals surface area contributed by atoms with Gasteiger partial charge in [-0.25, -0.2) is 0 Å². The zero-order valence-corrected chi connectivity index (χ0v) is 11.7. The van der Waals surface area contributed by atoms with Crippen LogP contribution in [-0.2, 0) is 6.42 Å². The average Bonchev–Trinajstić information content (AvgIpc) is 2.29. The van der Waals surface area contributed by atoms with Crippen molar-refractivity contribution in [3.05, 3.63) is 35.4 Å². The van der Waals surface area contributed by atoms with Gasteiger partial charge >= 0.3 is 0 Å². The van der Waals surface area contributed by atoms with Gasteiger partial charge in [0.15, 0.2) is 0 Å². The van der Waals surface area contributed by atoms with E-state index in [-0.39, 0.29) is 0 Å². The van der Waals surface area contributed by atoms with Crippen LogP contribution in [0.15, 0.2) is 24.3 Å². The Morgan fingerprint density at radius 3 is 2.00 bits per heavy atom. The summed E-state index contributed by atoms with van der Waals surface area (Å²) < 4.78 is 0. The molecule has 1 aromatic carbocycles. The maximum atomic E-state index is 5.68. The summed E-state index contributed by atoms with van der Waals surface area (Å²) in [6.45, 7) is 9.86. The first kappa shape index (κ1) is 14.2. The van der Waals surface area contributed by atoms with E-state index in [0.29, 0.717) is 17.8 Å². The first-order valence-electron chi connectivity index (χ1n) is 6.83. The van der Waals surface area contributed by atoms with Gasteiger partial charge in [-0.2, -0.15) is 0 Å². The summed E-state index contributed by atoms with van der Waals surface area (Å²) in [7, 11) is 0. The Balaban J connectivity index is 2.66. The largest absolute Gasteiger partial charge is 0.330 e. The van der Waals surface area contributed by atoms with Crippen LogP contribution in [0, 0.1) is 11.8 Å². The lowest BCUT2D eigenvalue weighted by Gasteiger charge is -2.20. The number of nitrogens with two attached hydrogens (primary N) is 1. The van der Waals surface area contributed by atoms with Gasteiger partial charge in [0.05, 0.1) is 0 Å². The van der Waals surface area contributed by atoms with Gasteiger partial charge in [0, 0.05) is 0 Å².